The third-order valence-electron chi connectivity index (χ3n) is 4.15. The van der Waals surface area contributed by atoms with Crippen molar-refractivity contribution in [1.29, 1.82) is 0 Å². The third-order valence-corrected chi connectivity index (χ3v) is 4.40. The van der Waals surface area contributed by atoms with Gasteiger partial charge in [-0.25, -0.2) is 4.79 Å². The SMILES string of the molecule is O=C(Nc1ccc(Cl)cc1)Nc1ccc2oc(-c3ccccc3)cc(=O)c2c1. The first kappa shape index (κ1) is 17.8. The van der Waals surface area contributed by atoms with Crippen molar-refractivity contribution in [2.75, 3.05) is 10.6 Å². The van der Waals surface area contributed by atoms with Crippen molar-refractivity contribution in [2.45, 2.75) is 0 Å². The molecule has 0 atom stereocenters. The average Bonchev–Trinajstić information content (AvgIpc) is 2.71. The number of carbonyl (C=O) groups excluding carboxylic acids is 1. The second kappa shape index (κ2) is 7.58. The van der Waals surface area contributed by atoms with Crippen LogP contribution in [0.5, 0.6) is 0 Å². The van der Waals surface area contributed by atoms with Gasteiger partial charge in [-0.3, -0.25) is 4.79 Å². The summed E-state index contributed by atoms with van der Waals surface area (Å²) in [5.74, 6) is 0.499. The number of hydrogen-bond donors (Lipinski definition) is 2. The van der Waals surface area contributed by atoms with Crippen LogP contribution in [0.3, 0.4) is 0 Å². The number of anilines is 2. The van der Waals surface area contributed by atoms with Crippen molar-refractivity contribution in [1.82, 2.24) is 0 Å². The molecule has 5 nitrogen and oxygen atoms in total. The molecule has 1 aromatic heterocycles. The van der Waals surface area contributed by atoms with Gasteiger partial charge in [0, 0.05) is 28.0 Å². The largest absolute Gasteiger partial charge is 0.456 e. The van der Waals surface area contributed by atoms with Crippen LogP contribution in [-0.4, -0.2) is 6.03 Å². The third kappa shape index (κ3) is 3.89. The van der Waals surface area contributed by atoms with E-state index in [0.717, 1.165) is 5.56 Å². The molecule has 4 rings (SSSR count). The van der Waals surface area contributed by atoms with E-state index in [1.54, 1.807) is 42.5 Å². The minimum absolute atomic E-state index is 0.179. The molecule has 0 saturated carbocycles. The quantitative estimate of drug-likeness (QED) is 0.467. The molecular weight excluding hydrogens is 376 g/mol. The monoisotopic (exact) mass is 390 g/mol. The van der Waals surface area contributed by atoms with E-state index in [1.807, 2.05) is 30.3 Å². The summed E-state index contributed by atoms with van der Waals surface area (Å²) in [5, 5.41) is 6.39. The molecule has 0 aliphatic heterocycles. The van der Waals surface area contributed by atoms with Gasteiger partial charge in [0.2, 0.25) is 0 Å². The Morgan fingerprint density at radius 1 is 0.821 bits per heavy atom. The summed E-state index contributed by atoms with van der Waals surface area (Å²) in [4.78, 5) is 24.7. The molecular formula is C22H15ClN2O3. The van der Waals surface area contributed by atoms with Crippen LogP contribution in [0.25, 0.3) is 22.3 Å². The summed E-state index contributed by atoms with van der Waals surface area (Å²) < 4.78 is 5.85. The molecule has 0 saturated heterocycles. The van der Waals surface area contributed by atoms with Gasteiger partial charge in [-0.1, -0.05) is 41.9 Å². The first-order valence-electron chi connectivity index (χ1n) is 8.55. The Kier molecular flexibility index (Phi) is 4.83. The maximum absolute atomic E-state index is 12.5. The van der Waals surface area contributed by atoms with Crippen LogP contribution < -0.4 is 16.1 Å². The van der Waals surface area contributed by atoms with Gasteiger partial charge in [0.25, 0.3) is 0 Å². The number of nitrogens with one attached hydrogen (secondary N) is 2. The lowest BCUT2D eigenvalue weighted by Crippen LogP contribution is -2.19. The van der Waals surface area contributed by atoms with Gasteiger partial charge in [-0.2, -0.15) is 0 Å². The molecule has 0 bridgehead atoms. The van der Waals surface area contributed by atoms with E-state index in [1.165, 1.54) is 6.07 Å². The molecule has 0 aliphatic carbocycles. The Bertz CT molecular complexity index is 1200. The van der Waals surface area contributed by atoms with Crippen LogP contribution in [0.15, 0.2) is 88.1 Å². The zero-order valence-corrected chi connectivity index (χ0v) is 15.4. The van der Waals surface area contributed by atoms with Gasteiger partial charge in [-0.15, -0.1) is 0 Å². The Balaban J connectivity index is 1.57. The second-order valence-corrected chi connectivity index (χ2v) is 6.57. The van der Waals surface area contributed by atoms with E-state index in [9.17, 15) is 9.59 Å². The van der Waals surface area contributed by atoms with Gasteiger partial charge in [-0.05, 0) is 42.5 Å². The summed E-state index contributed by atoms with van der Waals surface area (Å²) in [6.07, 6.45) is 0. The average molecular weight is 391 g/mol. The Hall–Kier alpha value is -3.57. The van der Waals surface area contributed by atoms with E-state index in [2.05, 4.69) is 10.6 Å². The van der Waals surface area contributed by atoms with Crippen molar-refractivity contribution >= 4 is 40.0 Å². The molecule has 2 amide bonds. The van der Waals surface area contributed by atoms with Crippen LogP contribution >= 0.6 is 11.6 Å². The number of urea groups is 1. The number of hydrogen-bond acceptors (Lipinski definition) is 3. The fraction of sp³-hybridized carbons (Fsp3) is 0. The molecule has 28 heavy (non-hydrogen) atoms. The summed E-state index contributed by atoms with van der Waals surface area (Å²) in [5.41, 5.74) is 2.19. The van der Waals surface area contributed by atoms with E-state index >= 15 is 0 Å². The van der Waals surface area contributed by atoms with Gasteiger partial charge in [0.05, 0.1) is 5.39 Å². The Morgan fingerprint density at radius 3 is 2.25 bits per heavy atom. The topological polar surface area (TPSA) is 71.3 Å². The van der Waals surface area contributed by atoms with Crippen LogP contribution in [0.1, 0.15) is 0 Å². The molecule has 1 heterocycles. The molecule has 3 aromatic carbocycles. The van der Waals surface area contributed by atoms with Crippen molar-refractivity contribution in [3.8, 4) is 11.3 Å². The lowest BCUT2D eigenvalue weighted by molar-refractivity contribution is 0.262. The number of halogens is 1. The Labute approximate surface area is 165 Å². The minimum atomic E-state index is -0.424. The van der Waals surface area contributed by atoms with Crippen molar-refractivity contribution < 1.29 is 9.21 Å². The lowest BCUT2D eigenvalue weighted by atomic mass is 10.1. The summed E-state index contributed by atoms with van der Waals surface area (Å²) >= 11 is 5.83. The Morgan fingerprint density at radius 2 is 1.50 bits per heavy atom. The predicted octanol–water partition coefficient (Wildman–Crippen LogP) is 5.76. The molecule has 4 aromatic rings. The first-order valence-corrected chi connectivity index (χ1v) is 8.93. The van der Waals surface area contributed by atoms with Gasteiger partial charge >= 0.3 is 6.03 Å². The van der Waals surface area contributed by atoms with Crippen molar-refractivity contribution in [2.24, 2.45) is 0 Å². The van der Waals surface area contributed by atoms with Crippen molar-refractivity contribution in [3.05, 3.63) is 94.1 Å². The predicted molar refractivity (Wildman–Crippen MR) is 112 cm³/mol. The zero-order valence-electron chi connectivity index (χ0n) is 14.6. The molecule has 6 heteroatoms. The molecule has 0 unspecified atom stereocenters. The molecule has 138 valence electrons. The smallest absolute Gasteiger partial charge is 0.323 e. The fourth-order valence-electron chi connectivity index (χ4n) is 2.81. The highest BCUT2D eigenvalue weighted by atomic mass is 35.5. The highest BCUT2D eigenvalue weighted by Crippen LogP contribution is 2.24. The fourth-order valence-corrected chi connectivity index (χ4v) is 2.93. The highest BCUT2D eigenvalue weighted by molar-refractivity contribution is 6.30. The molecule has 0 spiro atoms. The number of rotatable bonds is 3. The maximum atomic E-state index is 12.5. The van der Waals surface area contributed by atoms with E-state index < -0.39 is 6.03 Å². The van der Waals surface area contributed by atoms with Gasteiger partial charge < -0.3 is 15.1 Å². The maximum Gasteiger partial charge on any atom is 0.323 e. The van der Waals surface area contributed by atoms with E-state index in [0.29, 0.717) is 33.1 Å². The van der Waals surface area contributed by atoms with Crippen LogP contribution in [0, 0.1) is 0 Å². The first-order chi connectivity index (χ1) is 13.6. The van der Waals surface area contributed by atoms with Crippen molar-refractivity contribution in [3.63, 3.8) is 0 Å². The zero-order chi connectivity index (χ0) is 19.5. The molecule has 0 fully saturated rings. The lowest BCUT2D eigenvalue weighted by Gasteiger charge is -2.09. The summed E-state index contributed by atoms with van der Waals surface area (Å²) in [6, 6.07) is 22.1. The number of benzene rings is 3. The highest BCUT2D eigenvalue weighted by Gasteiger charge is 2.09. The molecule has 0 radical (unpaired) electrons. The number of fused-ring (bicyclic) bond motifs is 1. The van der Waals surface area contributed by atoms with E-state index in [4.69, 9.17) is 16.0 Å². The van der Waals surface area contributed by atoms with E-state index in [-0.39, 0.29) is 5.43 Å². The summed E-state index contributed by atoms with van der Waals surface area (Å²) in [6.45, 7) is 0. The number of amides is 2. The van der Waals surface area contributed by atoms with Crippen LogP contribution in [0.2, 0.25) is 5.02 Å². The minimum Gasteiger partial charge on any atom is -0.456 e. The standard InChI is InChI=1S/C22H15ClN2O3/c23-15-6-8-16(9-7-15)24-22(27)25-17-10-11-20-18(12-17)19(26)13-21(28-20)14-4-2-1-3-5-14/h1-13H,(H2,24,25,27). The summed E-state index contributed by atoms with van der Waals surface area (Å²) in [7, 11) is 0. The van der Waals surface area contributed by atoms with Crippen LogP contribution in [0.4, 0.5) is 16.2 Å². The normalized spacial score (nSPS) is 10.6. The molecule has 0 aliphatic rings. The molecule has 2 N–H and O–H groups in total. The van der Waals surface area contributed by atoms with Gasteiger partial charge in [0.15, 0.2) is 5.43 Å². The van der Waals surface area contributed by atoms with Crippen LogP contribution in [-0.2, 0) is 0 Å². The number of carbonyl (C=O) groups is 1. The van der Waals surface area contributed by atoms with Gasteiger partial charge in [0.1, 0.15) is 11.3 Å². The second-order valence-electron chi connectivity index (χ2n) is 6.14.